The number of hydrogen-bond acceptors (Lipinski definition) is 4. The molecule has 0 aromatic heterocycles. The van der Waals surface area contributed by atoms with Crippen molar-refractivity contribution in [1.82, 2.24) is 9.80 Å². The summed E-state index contributed by atoms with van der Waals surface area (Å²) in [6.45, 7) is 6.56. The third kappa shape index (κ3) is 4.17. The molecule has 5 nitrogen and oxygen atoms in total. The van der Waals surface area contributed by atoms with Crippen molar-refractivity contribution in [2.45, 2.75) is 6.42 Å². The number of benzene rings is 2. The van der Waals surface area contributed by atoms with Crippen LogP contribution in [0.4, 0.5) is 17.1 Å². The molecule has 0 spiro atoms. The predicted octanol–water partition coefficient (Wildman–Crippen LogP) is 3.46. The monoisotopic (exact) mass is 398 g/mol. The number of carbonyl (C=O) groups excluding carboxylic acids is 1. The highest BCUT2D eigenvalue weighted by Crippen LogP contribution is 2.38. The van der Waals surface area contributed by atoms with Gasteiger partial charge in [0.1, 0.15) is 0 Å². The van der Waals surface area contributed by atoms with Crippen molar-refractivity contribution < 1.29 is 4.79 Å². The Hall–Kier alpha value is -2.08. The average Bonchev–Trinajstić information content (AvgIpc) is 2.73. The maximum absolute atomic E-state index is 13.0. The molecule has 0 atom stereocenters. The Morgan fingerprint density at radius 1 is 0.893 bits per heavy atom. The quantitative estimate of drug-likeness (QED) is 0.789. The van der Waals surface area contributed by atoms with Crippen LogP contribution >= 0.6 is 11.6 Å². The lowest BCUT2D eigenvalue weighted by Crippen LogP contribution is -2.47. The van der Waals surface area contributed by atoms with E-state index < -0.39 is 0 Å². The second-order valence-electron chi connectivity index (χ2n) is 7.56. The number of anilines is 3. The van der Waals surface area contributed by atoms with Crippen LogP contribution in [-0.4, -0.2) is 68.6 Å². The van der Waals surface area contributed by atoms with Gasteiger partial charge in [-0.25, -0.2) is 0 Å². The zero-order chi connectivity index (χ0) is 19.5. The first-order valence-corrected chi connectivity index (χ1v) is 10.3. The zero-order valence-corrected chi connectivity index (χ0v) is 17.1. The van der Waals surface area contributed by atoms with Gasteiger partial charge in [-0.3, -0.25) is 4.79 Å². The fraction of sp³-hybridized carbons (Fsp3) is 0.409. The number of carbonyl (C=O) groups is 1. The Bertz CT molecular complexity index is 818. The van der Waals surface area contributed by atoms with Crippen molar-refractivity contribution in [2.24, 2.45) is 0 Å². The van der Waals surface area contributed by atoms with Crippen molar-refractivity contribution in [3.63, 3.8) is 0 Å². The zero-order valence-electron chi connectivity index (χ0n) is 16.4. The summed E-state index contributed by atoms with van der Waals surface area (Å²) in [5, 5.41) is 0.731. The van der Waals surface area contributed by atoms with E-state index in [2.05, 4.69) is 27.8 Å². The van der Waals surface area contributed by atoms with Gasteiger partial charge in [0.2, 0.25) is 5.91 Å². The van der Waals surface area contributed by atoms with Gasteiger partial charge in [0.25, 0.3) is 0 Å². The van der Waals surface area contributed by atoms with E-state index in [0.29, 0.717) is 13.0 Å². The number of fused-ring (bicyclic) bond motifs is 1. The third-order valence-electron chi connectivity index (χ3n) is 5.69. The average molecular weight is 399 g/mol. The molecule has 0 N–H and O–H groups in total. The highest BCUT2D eigenvalue weighted by atomic mass is 35.5. The molecule has 2 aliphatic heterocycles. The molecule has 0 saturated carbocycles. The lowest BCUT2D eigenvalue weighted by Gasteiger charge is -2.38. The smallest absolute Gasteiger partial charge is 0.228 e. The Labute approximate surface area is 172 Å². The van der Waals surface area contributed by atoms with E-state index >= 15 is 0 Å². The lowest BCUT2D eigenvalue weighted by molar-refractivity contribution is -0.119. The SMILES string of the molecule is CN1CCN(CCC(=O)N2CCN(c3ccc(Cl)cc3)c3ccccc32)CC1. The summed E-state index contributed by atoms with van der Waals surface area (Å²) >= 11 is 6.04. The van der Waals surface area contributed by atoms with Gasteiger partial charge in [0.15, 0.2) is 0 Å². The van der Waals surface area contributed by atoms with Crippen LogP contribution in [0.2, 0.25) is 5.02 Å². The minimum atomic E-state index is 0.210. The Balaban J connectivity index is 1.47. The fourth-order valence-electron chi connectivity index (χ4n) is 3.97. The maximum Gasteiger partial charge on any atom is 0.228 e. The molecule has 1 saturated heterocycles. The molecule has 4 rings (SSSR count). The molecule has 2 aromatic rings. The molecule has 0 bridgehead atoms. The summed E-state index contributed by atoms with van der Waals surface area (Å²) in [4.78, 5) is 22.0. The molecule has 0 aliphatic carbocycles. The minimum absolute atomic E-state index is 0.210. The molecule has 148 valence electrons. The third-order valence-corrected chi connectivity index (χ3v) is 5.94. The molecule has 2 aromatic carbocycles. The molecule has 0 radical (unpaired) electrons. The summed E-state index contributed by atoms with van der Waals surface area (Å²) in [5.41, 5.74) is 3.16. The summed E-state index contributed by atoms with van der Waals surface area (Å²) < 4.78 is 0. The Kier molecular flexibility index (Phi) is 5.85. The van der Waals surface area contributed by atoms with Gasteiger partial charge >= 0.3 is 0 Å². The number of rotatable bonds is 4. The van der Waals surface area contributed by atoms with E-state index in [1.807, 2.05) is 47.4 Å². The number of likely N-dealkylation sites (N-methyl/N-ethyl adjacent to an activating group) is 1. The molecule has 28 heavy (non-hydrogen) atoms. The normalized spacial score (nSPS) is 18.2. The summed E-state index contributed by atoms with van der Waals surface area (Å²) in [6.07, 6.45) is 0.568. The molecular formula is C22H27ClN4O. The van der Waals surface area contributed by atoms with Gasteiger partial charge in [-0.05, 0) is 43.4 Å². The first-order chi connectivity index (χ1) is 13.6. The van der Waals surface area contributed by atoms with Gasteiger partial charge in [-0.15, -0.1) is 0 Å². The molecule has 2 heterocycles. The summed E-state index contributed by atoms with van der Waals surface area (Å²) in [6, 6.07) is 16.0. The van der Waals surface area contributed by atoms with Gasteiger partial charge < -0.3 is 19.6 Å². The van der Waals surface area contributed by atoms with E-state index in [9.17, 15) is 4.79 Å². The topological polar surface area (TPSA) is 30.0 Å². The molecule has 1 fully saturated rings. The number of piperazine rings is 1. The van der Waals surface area contributed by atoms with Crippen LogP contribution in [0.15, 0.2) is 48.5 Å². The van der Waals surface area contributed by atoms with E-state index in [4.69, 9.17) is 11.6 Å². The van der Waals surface area contributed by atoms with Crippen LogP contribution in [0, 0.1) is 0 Å². The van der Waals surface area contributed by atoms with Gasteiger partial charge in [-0.1, -0.05) is 23.7 Å². The minimum Gasteiger partial charge on any atom is -0.338 e. The Morgan fingerprint density at radius 3 is 2.29 bits per heavy atom. The molecule has 6 heteroatoms. The summed E-state index contributed by atoms with van der Waals surface area (Å²) in [7, 11) is 2.15. The van der Waals surface area contributed by atoms with E-state index in [0.717, 1.165) is 61.4 Å². The van der Waals surface area contributed by atoms with Crippen molar-refractivity contribution in [3.05, 3.63) is 53.6 Å². The van der Waals surface area contributed by atoms with Crippen molar-refractivity contribution in [2.75, 3.05) is 62.7 Å². The predicted molar refractivity (Wildman–Crippen MR) is 116 cm³/mol. The number of para-hydroxylation sites is 2. The van der Waals surface area contributed by atoms with E-state index in [1.165, 1.54) is 0 Å². The standard InChI is InChI=1S/C22H27ClN4O/c1-24-12-14-25(15-13-24)11-10-22(28)27-17-16-26(19-8-6-18(23)7-9-19)20-4-2-3-5-21(20)27/h2-9H,10-17H2,1H3. The summed E-state index contributed by atoms with van der Waals surface area (Å²) in [5.74, 6) is 0.210. The van der Waals surface area contributed by atoms with Crippen molar-refractivity contribution >= 4 is 34.6 Å². The van der Waals surface area contributed by atoms with Gasteiger partial charge in [0.05, 0.1) is 11.4 Å². The van der Waals surface area contributed by atoms with Gasteiger partial charge in [0, 0.05) is 62.9 Å². The van der Waals surface area contributed by atoms with Gasteiger partial charge in [-0.2, -0.15) is 0 Å². The molecule has 0 unspecified atom stereocenters. The number of halogens is 1. The van der Waals surface area contributed by atoms with Crippen LogP contribution in [0.25, 0.3) is 0 Å². The number of nitrogens with zero attached hydrogens (tertiary/aromatic N) is 4. The van der Waals surface area contributed by atoms with Crippen LogP contribution in [0.5, 0.6) is 0 Å². The van der Waals surface area contributed by atoms with E-state index in [1.54, 1.807) is 0 Å². The van der Waals surface area contributed by atoms with Crippen molar-refractivity contribution in [1.29, 1.82) is 0 Å². The van der Waals surface area contributed by atoms with Crippen LogP contribution < -0.4 is 9.80 Å². The van der Waals surface area contributed by atoms with Crippen LogP contribution in [0.3, 0.4) is 0 Å². The maximum atomic E-state index is 13.0. The lowest BCUT2D eigenvalue weighted by atomic mass is 10.1. The van der Waals surface area contributed by atoms with Crippen LogP contribution in [-0.2, 0) is 4.79 Å². The second kappa shape index (κ2) is 8.52. The second-order valence-corrected chi connectivity index (χ2v) is 7.99. The largest absolute Gasteiger partial charge is 0.338 e. The Morgan fingerprint density at radius 2 is 1.57 bits per heavy atom. The number of amides is 1. The molecular weight excluding hydrogens is 372 g/mol. The van der Waals surface area contributed by atoms with E-state index in [-0.39, 0.29) is 5.91 Å². The molecule has 1 amide bonds. The first-order valence-electron chi connectivity index (χ1n) is 9.95. The highest BCUT2D eigenvalue weighted by Gasteiger charge is 2.27. The fourth-order valence-corrected chi connectivity index (χ4v) is 4.10. The van der Waals surface area contributed by atoms with Crippen molar-refractivity contribution in [3.8, 4) is 0 Å². The molecule has 2 aliphatic rings. The number of hydrogen-bond donors (Lipinski definition) is 0. The van der Waals surface area contributed by atoms with Crippen LogP contribution in [0.1, 0.15) is 6.42 Å². The highest BCUT2D eigenvalue weighted by molar-refractivity contribution is 6.30. The first kappa shape index (κ1) is 19.2.